The third-order valence-electron chi connectivity index (χ3n) is 5.80. The molecule has 0 radical (unpaired) electrons. The summed E-state index contributed by atoms with van der Waals surface area (Å²) in [6.45, 7) is 5.98. The quantitative estimate of drug-likeness (QED) is 0.788. The van der Waals surface area contributed by atoms with E-state index in [9.17, 15) is 9.59 Å². The largest absolute Gasteiger partial charge is 0.465 e. The van der Waals surface area contributed by atoms with Crippen LogP contribution in [-0.4, -0.2) is 25.2 Å². The minimum Gasteiger partial charge on any atom is -0.465 e. The molecule has 0 saturated heterocycles. The molecule has 4 atom stereocenters. The fraction of sp³-hybridized carbons (Fsp3) is 0.600. The van der Waals surface area contributed by atoms with Gasteiger partial charge in [0.25, 0.3) is 0 Å². The number of rotatable bonds is 4. The van der Waals surface area contributed by atoms with Gasteiger partial charge < -0.3 is 9.47 Å². The van der Waals surface area contributed by atoms with Crippen LogP contribution in [0.1, 0.15) is 63.0 Å². The smallest absolute Gasteiger partial charge is 0.302 e. The molecule has 1 saturated carbocycles. The molecule has 0 bridgehead atoms. The standard InChI is InChI=1S/C20H26O4/c1-13(21)23-11-18-16-8-5-4-7-15(16)17-9-6-10-20(3,19(17)18)12-24-14(2)22/h4-5,7-8,17-19H,6,9-12H2,1-3H3/t17?,18-,19+,20-/m0/s1. The number of benzene rings is 1. The van der Waals surface area contributed by atoms with Gasteiger partial charge in [0.1, 0.15) is 0 Å². The molecule has 0 amide bonds. The molecular weight excluding hydrogens is 304 g/mol. The molecule has 130 valence electrons. The number of carbonyl (C=O) groups excluding carboxylic acids is 2. The topological polar surface area (TPSA) is 52.6 Å². The van der Waals surface area contributed by atoms with Crippen molar-refractivity contribution in [3.63, 3.8) is 0 Å². The Labute approximate surface area is 143 Å². The maximum absolute atomic E-state index is 11.4. The van der Waals surface area contributed by atoms with Crippen LogP contribution in [0.25, 0.3) is 0 Å². The molecule has 1 fully saturated rings. The molecule has 0 heterocycles. The molecule has 2 aliphatic carbocycles. The van der Waals surface area contributed by atoms with E-state index in [0.29, 0.717) is 25.0 Å². The van der Waals surface area contributed by atoms with Crippen molar-refractivity contribution in [3.8, 4) is 0 Å². The molecular formula is C20H26O4. The van der Waals surface area contributed by atoms with E-state index in [1.807, 2.05) is 0 Å². The van der Waals surface area contributed by atoms with Gasteiger partial charge in [-0.05, 0) is 35.8 Å². The van der Waals surface area contributed by atoms with Crippen LogP contribution in [0.5, 0.6) is 0 Å². The van der Waals surface area contributed by atoms with E-state index in [1.54, 1.807) is 0 Å². The van der Waals surface area contributed by atoms with Gasteiger partial charge in [-0.3, -0.25) is 9.59 Å². The van der Waals surface area contributed by atoms with Gasteiger partial charge >= 0.3 is 11.9 Å². The first kappa shape index (κ1) is 17.0. The van der Waals surface area contributed by atoms with Gasteiger partial charge in [-0.2, -0.15) is 0 Å². The molecule has 0 aliphatic heterocycles. The molecule has 2 aliphatic rings. The van der Waals surface area contributed by atoms with E-state index in [2.05, 4.69) is 31.2 Å². The molecule has 3 rings (SSSR count). The van der Waals surface area contributed by atoms with Crippen LogP contribution in [0.2, 0.25) is 0 Å². The first-order chi connectivity index (χ1) is 11.4. The minimum absolute atomic E-state index is 0.0849. The van der Waals surface area contributed by atoms with E-state index >= 15 is 0 Å². The van der Waals surface area contributed by atoms with Crippen molar-refractivity contribution in [2.75, 3.05) is 13.2 Å². The summed E-state index contributed by atoms with van der Waals surface area (Å²) >= 11 is 0. The lowest BCUT2D eigenvalue weighted by atomic mass is 9.61. The number of ether oxygens (including phenoxy) is 2. The Bertz CT molecular complexity index is 638. The third-order valence-corrected chi connectivity index (χ3v) is 5.80. The molecule has 4 nitrogen and oxygen atoms in total. The average molecular weight is 330 g/mol. The Morgan fingerprint density at radius 1 is 1.12 bits per heavy atom. The molecule has 1 aromatic rings. The fourth-order valence-electron chi connectivity index (χ4n) is 4.89. The number of hydrogen-bond donors (Lipinski definition) is 0. The highest BCUT2D eigenvalue weighted by molar-refractivity contribution is 5.66. The van der Waals surface area contributed by atoms with Crippen molar-refractivity contribution in [1.82, 2.24) is 0 Å². The second-order valence-corrected chi connectivity index (χ2v) is 7.50. The van der Waals surface area contributed by atoms with Crippen molar-refractivity contribution in [2.45, 2.75) is 51.9 Å². The Kier molecular flexibility index (Phi) is 4.66. The molecule has 24 heavy (non-hydrogen) atoms. The van der Waals surface area contributed by atoms with Crippen LogP contribution in [0.4, 0.5) is 0 Å². The number of hydrogen-bond acceptors (Lipinski definition) is 4. The average Bonchev–Trinajstić information content (AvgIpc) is 2.87. The Morgan fingerprint density at radius 3 is 2.46 bits per heavy atom. The summed E-state index contributed by atoms with van der Waals surface area (Å²) in [6, 6.07) is 8.51. The molecule has 1 aromatic carbocycles. The van der Waals surface area contributed by atoms with Gasteiger partial charge in [0.15, 0.2) is 0 Å². The van der Waals surface area contributed by atoms with E-state index in [4.69, 9.17) is 9.47 Å². The van der Waals surface area contributed by atoms with Gasteiger partial charge in [0, 0.05) is 25.2 Å². The maximum Gasteiger partial charge on any atom is 0.302 e. The van der Waals surface area contributed by atoms with Crippen molar-refractivity contribution in [1.29, 1.82) is 0 Å². The van der Waals surface area contributed by atoms with Crippen LogP contribution in [0.15, 0.2) is 24.3 Å². The van der Waals surface area contributed by atoms with Crippen LogP contribution >= 0.6 is 0 Å². The second-order valence-electron chi connectivity index (χ2n) is 7.50. The first-order valence-corrected chi connectivity index (χ1v) is 8.78. The predicted molar refractivity (Wildman–Crippen MR) is 90.6 cm³/mol. The molecule has 4 heteroatoms. The van der Waals surface area contributed by atoms with Crippen LogP contribution in [-0.2, 0) is 19.1 Å². The monoisotopic (exact) mass is 330 g/mol. The van der Waals surface area contributed by atoms with Crippen molar-refractivity contribution < 1.29 is 19.1 Å². The third kappa shape index (κ3) is 3.06. The highest BCUT2D eigenvalue weighted by atomic mass is 16.5. The van der Waals surface area contributed by atoms with Gasteiger partial charge in [-0.25, -0.2) is 0 Å². The van der Waals surface area contributed by atoms with E-state index < -0.39 is 0 Å². The summed E-state index contributed by atoms with van der Waals surface area (Å²) in [4.78, 5) is 22.7. The van der Waals surface area contributed by atoms with E-state index in [-0.39, 0.29) is 23.3 Å². The highest BCUT2D eigenvalue weighted by Crippen LogP contribution is 2.60. The summed E-state index contributed by atoms with van der Waals surface area (Å²) in [6.07, 6.45) is 3.31. The Balaban J connectivity index is 1.94. The summed E-state index contributed by atoms with van der Waals surface area (Å²) in [5.41, 5.74) is 2.59. The number of fused-ring (bicyclic) bond motifs is 3. The number of esters is 2. The lowest BCUT2D eigenvalue weighted by molar-refractivity contribution is -0.147. The Hall–Kier alpha value is -1.84. The van der Waals surface area contributed by atoms with Gasteiger partial charge in [-0.1, -0.05) is 37.6 Å². The molecule has 1 unspecified atom stereocenters. The SMILES string of the molecule is CC(=O)OC[C@H]1c2ccccc2C2CCC[C@@](C)(COC(C)=O)[C@H]21. The molecule has 0 N–H and O–H groups in total. The lowest BCUT2D eigenvalue weighted by Crippen LogP contribution is -2.41. The second kappa shape index (κ2) is 6.58. The van der Waals surface area contributed by atoms with Crippen LogP contribution in [0.3, 0.4) is 0 Å². The summed E-state index contributed by atoms with van der Waals surface area (Å²) < 4.78 is 10.8. The first-order valence-electron chi connectivity index (χ1n) is 8.78. The maximum atomic E-state index is 11.4. The normalized spacial score (nSPS) is 31.0. The summed E-state index contributed by atoms with van der Waals surface area (Å²) in [5, 5.41) is 0. The van der Waals surface area contributed by atoms with Crippen molar-refractivity contribution in [3.05, 3.63) is 35.4 Å². The van der Waals surface area contributed by atoms with E-state index in [0.717, 1.165) is 19.3 Å². The van der Waals surface area contributed by atoms with Crippen molar-refractivity contribution in [2.24, 2.45) is 11.3 Å². The summed E-state index contributed by atoms with van der Waals surface area (Å²) in [7, 11) is 0. The predicted octanol–water partition coefficient (Wildman–Crippen LogP) is 3.80. The van der Waals surface area contributed by atoms with Crippen molar-refractivity contribution >= 4 is 11.9 Å². The van der Waals surface area contributed by atoms with Crippen LogP contribution < -0.4 is 0 Å². The van der Waals surface area contributed by atoms with Gasteiger partial charge in [-0.15, -0.1) is 0 Å². The zero-order valence-corrected chi connectivity index (χ0v) is 14.7. The zero-order chi connectivity index (χ0) is 17.3. The molecule has 0 aromatic heterocycles. The zero-order valence-electron chi connectivity index (χ0n) is 14.7. The van der Waals surface area contributed by atoms with Gasteiger partial charge in [0.05, 0.1) is 13.2 Å². The number of carbonyl (C=O) groups is 2. The minimum atomic E-state index is -0.242. The van der Waals surface area contributed by atoms with E-state index in [1.165, 1.54) is 25.0 Å². The van der Waals surface area contributed by atoms with Crippen LogP contribution in [0, 0.1) is 11.3 Å². The highest BCUT2D eigenvalue weighted by Gasteiger charge is 2.52. The summed E-state index contributed by atoms with van der Waals surface area (Å²) in [5.74, 6) is 0.494. The molecule has 0 spiro atoms. The van der Waals surface area contributed by atoms with Gasteiger partial charge in [0.2, 0.25) is 0 Å². The fourth-order valence-corrected chi connectivity index (χ4v) is 4.89. The lowest BCUT2D eigenvalue weighted by Gasteiger charge is -2.45. The Morgan fingerprint density at radius 2 is 1.79 bits per heavy atom.